The van der Waals surface area contributed by atoms with Gasteiger partial charge in [0, 0.05) is 25.2 Å². The SMILES string of the molecule is C=C(/C=C\C(=C/C)c1nc2ccccc2n1C)c1cccc2cc(-c3ccc(-c4nc5ccccc5n4C)cc3)ccc12. The average molecular weight is 557 g/mol. The molecule has 208 valence electrons. The molecule has 0 spiro atoms. The van der Waals surface area contributed by atoms with Crippen LogP contribution < -0.4 is 0 Å². The molecule has 43 heavy (non-hydrogen) atoms. The number of rotatable bonds is 6. The monoisotopic (exact) mass is 556 g/mol. The van der Waals surface area contributed by atoms with Crippen molar-refractivity contribution in [1.29, 1.82) is 0 Å². The predicted octanol–water partition coefficient (Wildman–Crippen LogP) is 9.62. The molecular weight excluding hydrogens is 524 g/mol. The third-order valence-electron chi connectivity index (χ3n) is 8.31. The summed E-state index contributed by atoms with van der Waals surface area (Å²) in [6.07, 6.45) is 6.31. The molecule has 0 saturated heterocycles. The Labute approximate surface area is 251 Å². The van der Waals surface area contributed by atoms with Gasteiger partial charge in [0.25, 0.3) is 0 Å². The van der Waals surface area contributed by atoms with E-state index < -0.39 is 0 Å². The van der Waals surface area contributed by atoms with Crippen molar-refractivity contribution in [2.75, 3.05) is 0 Å². The van der Waals surface area contributed by atoms with E-state index in [9.17, 15) is 0 Å². The van der Waals surface area contributed by atoms with Crippen LogP contribution in [0.5, 0.6) is 0 Å². The second kappa shape index (κ2) is 10.7. The van der Waals surface area contributed by atoms with Crippen LogP contribution in [0, 0.1) is 0 Å². The zero-order valence-electron chi connectivity index (χ0n) is 24.6. The van der Waals surface area contributed by atoms with Gasteiger partial charge in [0.2, 0.25) is 0 Å². The number of para-hydroxylation sites is 4. The first-order valence-corrected chi connectivity index (χ1v) is 14.5. The normalized spacial score (nSPS) is 12.2. The van der Waals surface area contributed by atoms with Gasteiger partial charge in [0.1, 0.15) is 11.6 Å². The summed E-state index contributed by atoms with van der Waals surface area (Å²) in [7, 11) is 4.13. The second-order valence-corrected chi connectivity index (χ2v) is 10.9. The first-order valence-electron chi connectivity index (χ1n) is 14.5. The highest BCUT2D eigenvalue weighted by molar-refractivity contribution is 5.98. The Kier molecular flexibility index (Phi) is 6.59. The van der Waals surface area contributed by atoms with Crippen molar-refractivity contribution in [2.24, 2.45) is 14.1 Å². The molecule has 0 N–H and O–H groups in total. The third kappa shape index (κ3) is 4.67. The molecule has 0 unspecified atom stereocenters. The number of imidazole rings is 2. The Hall–Kier alpha value is -5.48. The Bertz CT molecular complexity index is 2220. The number of benzene rings is 5. The van der Waals surface area contributed by atoms with Crippen molar-refractivity contribution in [1.82, 2.24) is 19.1 Å². The van der Waals surface area contributed by atoms with E-state index in [1.807, 2.05) is 25.1 Å². The molecule has 5 aromatic carbocycles. The summed E-state index contributed by atoms with van der Waals surface area (Å²) in [5.41, 5.74) is 10.9. The van der Waals surface area contributed by atoms with E-state index in [4.69, 9.17) is 9.97 Å². The van der Waals surface area contributed by atoms with Gasteiger partial charge in [-0.15, -0.1) is 0 Å². The lowest BCUT2D eigenvalue weighted by Gasteiger charge is -2.10. The van der Waals surface area contributed by atoms with Gasteiger partial charge in [0.05, 0.1) is 22.1 Å². The Morgan fingerprint density at radius 2 is 1.30 bits per heavy atom. The Morgan fingerprint density at radius 1 is 0.651 bits per heavy atom. The number of hydrogen-bond acceptors (Lipinski definition) is 2. The number of fused-ring (bicyclic) bond motifs is 3. The molecule has 0 atom stereocenters. The Morgan fingerprint density at radius 3 is 2.00 bits per heavy atom. The van der Waals surface area contributed by atoms with Gasteiger partial charge in [-0.05, 0) is 70.3 Å². The summed E-state index contributed by atoms with van der Waals surface area (Å²) in [5, 5.41) is 2.37. The van der Waals surface area contributed by atoms with Gasteiger partial charge in [-0.25, -0.2) is 9.97 Å². The number of allylic oxidation sites excluding steroid dienone is 5. The highest BCUT2D eigenvalue weighted by atomic mass is 15.1. The van der Waals surface area contributed by atoms with E-state index in [1.54, 1.807) is 0 Å². The fourth-order valence-corrected chi connectivity index (χ4v) is 5.94. The maximum Gasteiger partial charge on any atom is 0.140 e. The molecule has 2 heterocycles. The minimum absolute atomic E-state index is 0.942. The molecule has 0 amide bonds. The smallest absolute Gasteiger partial charge is 0.140 e. The van der Waals surface area contributed by atoms with Crippen molar-refractivity contribution in [2.45, 2.75) is 6.92 Å². The number of nitrogens with zero attached hydrogens (tertiary/aromatic N) is 4. The van der Waals surface area contributed by atoms with Gasteiger partial charge < -0.3 is 9.13 Å². The molecule has 4 heteroatoms. The molecule has 0 aliphatic rings. The van der Waals surface area contributed by atoms with E-state index in [0.717, 1.165) is 56.0 Å². The molecule has 0 bridgehead atoms. The number of hydrogen-bond donors (Lipinski definition) is 0. The van der Waals surface area contributed by atoms with Gasteiger partial charge in [-0.1, -0.05) is 104 Å². The number of aromatic nitrogens is 4. The highest BCUT2D eigenvalue weighted by Crippen LogP contribution is 2.32. The topological polar surface area (TPSA) is 35.6 Å². The lowest BCUT2D eigenvalue weighted by molar-refractivity contribution is 0.923. The predicted molar refractivity (Wildman–Crippen MR) is 182 cm³/mol. The molecule has 4 nitrogen and oxygen atoms in total. The second-order valence-electron chi connectivity index (χ2n) is 10.9. The van der Waals surface area contributed by atoms with Crippen molar-refractivity contribution < 1.29 is 0 Å². The van der Waals surface area contributed by atoms with Crippen LogP contribution in [0.2, 0.25) is 0 Å². The van der Waals surface area contributed by atoms with Gasteiger partial charge in [-0.2, -0.15) is 0 Å². The van der Waals surface area contributed by atoms with Crippen LogP contribution in [0.1, 0.15) is 18.3 Å². The van der Waals surface area contributed by atoms with Crippen molar-refractivity contribution >= 4 is 44.0 Å². The van der Waals surface area contributed by atoms with Crippen LogP contribution >= 0.6 is 0 Å². The fraction of sp³-hybridized carbons (Fsp3) is 0.0769. The molecule has 2 aromatic heterocycles. The molecule has 7 rings (SSSR count). The van der Waals surface area contributed by atoms with Crippen LogP contribution in [0.3, 0.4) is 0 Å². The van der Waals surface area contributed by atoms with Crippen LogP contribution in [-0.4, -0.2) is 19.1 Å². The lowest BCUT2D eigenvalue weighted by Crippen LogP contribution is -1.95. The van der Waals surface area contributed by atoms with Gasteiger partial charge >= 0.3 is 0 Å². The van der Waals surface area contributed by atoms with E-state index >= 15 is 0 Å². The molecule has 7 aromatic rings. The minimum Gasteiger partial charge on any atom is -0.327 e. The summed E-state index contributed by atoms with van der Waals surface area (Å²) in [6, 6.07) is 38.2. The summed E-state index contributed by atoms with van der Waals surface area (Å²) in [5.74, 6) is 1.91. The summed E-state index contributed by atoms with van der Waals surface area (Å²) in [4.78, 5) is 9.72. The maximum atomic E-state index is 4.87. The van der Waals surface area contributed by atoms with Crippen LogP contribution in [0.4, 0.5) is 0 Å². The zero-order valence-corrected chi connectivity index (χ0v) is 24.6. The molecular formula is C39H32N4. The Balaban J connectivity index is 1.16. The first kappa shape index (κ1) is 26.4. The number of aryl methyl sites for hydroxylation is 2. The largest absolute Gasteiger partial charge is 0.327 e. The molecule has 0 fully saturated rings. The highest BCUT2D eigenvalue weighted by Gasteiger charge is 2.12. The zero-order chi connectivity index (χ0) is 29.5. The third-order valence-corrected chi connectivity index (χ3v) is 8.31. The minimum atomic E-state index is 0.942. The van der Waals surface area contributed by atoms with E-state index in [2.05, 4.69) is 139 Å². The summed E-state index contributed by atoms with van der Waals surface area (Å²) < 4.78 is 4.29. The van der Waals surface area contributed by atoms with Crippen LogP contribution in [0.25, 0.3) is 66.5 Å². The summed E-state index contributed by atoms with van der Waals surface area (Å²) in [6.45, 7) is 6.48. The molecule has 0 aliphatic heterocycles. The molecule has 0 aliphatic carbocycles. The molecule has 0 saturated carbocycles. The standard InChI is InChI=1S/C39H32N4/c1-5-27(38-40-34-13-6-8-15-36(34)42(38)3)18-17-26(2)32-12-10-11-31-25-30(23-24-33(31)32)28-19-21-29(22-20-28)39-41-35-14-7-9-16-37(35)43(39)4/h5-25H,2H2,1,3-4H3/b18-17-,27-5+. The van der Waals surface area contributed by atoms with E-state index in [-0.39, 0.29) is 0 Å². The fourth-order valence-electron chi connectivity index (χ4n) is 5.94. The molecule has 0 radical (unpaired) electrons. The summed E-state index contributed by atoms with van der Waals surface area (Å²) >= 11 is 0. The van der Waals surface area contributed by atoms with Crippen molar-refractivity contribution in [3.8, 4) is 22.5 Å². The van der Waals surface area contributed by atoms with Crippen molar-refractivity contribution in [3.63, 3.8) is 0 Å². The van der Waals surface area contributed by atoms with Crippen molar-refractivity contribution in [3.05, 3.63) is 145 Å². The average Bonchev–Trinajstić information content (AvgIpc) is 3.57. The first-order chi connectivity index (χ1) is 21.0. The van der Waals surface area contributed by atoms with E-state index in [1.165, 1.54) is 21.9 Å². The lowest BCUT2D eigenvalue weighted by atomic mass is 9.95. The quantitative estimate of drug-likeness (QED) is 0.191. The van der Waals surface area contributed by atoms with Crippen LogP contribution in [-0.2, 0) is 14.1 Å². The van der Waals surface area contributed by atoms with Gasteiger partial charge in [-0.3, -0.25) is 0 Å². The van der Waals surface area contributed by atoms with Crippen LogP contribution in [0.15, 0.2) is 134 Å². The van der Waals surface area contributed by atoms with Gasteiger partial charge in [0.15, 0.2) is 0 Å². The van der Waals surface area contributed by atoms with E-state index in [0.29, 0.717) is 0 Å². The maximum absolute atomic E-state index is 4.87.